The van der Waals surface area contributed by atoms with Crippen LogP contribution in [0.25, 0.3) is 0 Å². The van der Waals surface area contributed by atoms with Crippen molar-refractivity contribution in [3.05, 3.63) is 34.9 Å². The molecule has 0 saturated heterocycles. The van der Waals surface area contributed by atoms with Crippen LogP contribution in [0.1, 0.15) is 43.0 Å². The van der Waals surface area contributed by atoms with E-state index in [4.69, 9.17) is 11.6 Å². The van der Waals surface area contributed by atoms with Gasteiger partial charge >= 0.3 is 0 Å². The second kappa shape index (κ2) is 5.01. The summed E-state index contributed by atoms with van der Waals surface area (Å²) in [5.41, 5.74) is 0.698. The van der Waals surface area contributed by atoms with E-state index in [1.54, 1.807) is 6.07 Å². The number of rotatable bonds is 2. The highest BCUT2D eigenvalue weighted by Gasteiger charge is 2.26. The zero-order chi connectivity index (χ0) is 11.5. The maximum atomic E-state index is 12.2. The van der Waals surface area contributed by atoms with Crippen molar-refractivity contribution in [3.8, 4) is 0 Å². The van der Waals surface area contributed by atoms with Crippen molar-refractivity contribution in [1.29, 1.82) is 0 Å². The molecule has 0 unspecified atom stereocenters. The highest BCUT2D eigenvalue weighted by molar-refractivity contribution is 6.34. The van der Waals surface area contributed by atoms with Gasteiger partial charge in [0.25, 0.3) is 0 Å². The Labute approximate surface area is 102 Å². The summed E-state index contributed by atoms with van der Waals surface area (Å²) in [5, 5.41) is 0.589. The summed E-state index contributed by atoms with van der Waals surface area (Å²) in [6.07, 6.45) is 4.37. The Kier molecular flexibility index (Phi) is 3.65. The average molecular weight is 237 g/mol. The smallest absolute Gasteiger partial charge is 0.167 e. The van der Waals surface area contributed by atoms with E-state index in [-0.39, 0.29) is 11.7 Å². The molecule has 0 radical (unpaired) electrons. The Balaban J connectivity index is 2.11. The van der Waals surface area contributed by atoms with Gasteiger partial charge in [-0.15, -0.1) is 0 Å². The van der Waals surface area contributed by atoms with E-state index in [9.17, 15) is 4.79 Å². The Morgan fingerprint density at radius 3 is 2.44 bits per heavy atom. The molecule has 1 fully saturated rings. The van der Waals surface area contributed by atoms with E-state index in [2.05, 4.69) is 6.92 Å². The van der Waals surface area contributed by atoms with Crippen LogP contribution in [0.4, 0.5) is 0 Å². The molecule has 1 aromatic carbocycles. The van der Waals surface area contributed by atoms with Gasteiger partial charge in [0.05, 0.1) is 5.02 Å². The van der Waals surface area contributed by atoms with Crippen LogP contribution in [0.15, 0.2) is 24.3 Å². The van der Waals surface area contributed by atoms with Crippen molar-refractivity contribution in [2.24, 2.45) is 11.8 Å². The van der Waals surface area contributed by atoms with Crippen LogP contribution in [-0.2, 0) is 0 Å². The number of carbonyl (C=O) groups is 1. The summed E-state index contributed by atoms with van der Waals surface area (Å²) in [6, 6.07) is 7.37. The number of hydrogen-bond acceptors (Lipinski definition) is 1. The summed E-state index contributed by atoms with van der Waals surface area (Å²) in [6.45, 7) is 2.26. The molecule has 16 heavy (non-hydrogen) atoms. The van der Waals surface area contributed by atoms with Crippen molar-refractivity contribution >= 4 is 17.4 Å². The maximum absolute atomic E-state index is 12.2. The van der Waals surface area contributed by atoms with Gasteiger partial charge < -0.3 is 0 Å². The molecule has 0 aliphatic heterocycles. The quantitative estimate of drug-likeness (QED) is 0.698. The highest BCUT2D eigenvalue weighted by atomic mass is 35.5. The van der Waals surface area contributed by atoms with Crippen molar-refractivity contribution in [2.45, 2.75) is 32.6 Å². The molecule has 0 atom stereocenters. The number of carbonyl (C=O) groups excluding carboxylic acids is 1. The molecule has 0 heterocycles. The fourth-order valence-electron chi connectivity index (χ4n) is 2.40. The van der Waals surface area contributed by atoms with Crippen LogP contribution in [0.5, 0.6) is 0 Å². The first-order valence-corrected chi connectivity index (χ1v) is 6.35. The van der Waals surface area contributed by atoms with E-state index in [0.29, 0.717) is 10.6 Å². The zero-order valence-electron chi connectivity index (χ0n) is 9.58. The van der Waals surface area contributed by atoms with E-state index in [1.807, 2.05) is 18.2 Å². The maximum Gasteiger partial charge on any atom is 0.167 e. The Bertz CT molecular complexity index is 378. The van der Waals surface area contributed by atoms with Gasteiger partial charge in [-0.05, 0) is 30.9 Å². The first-order valence-electron chi connectivity index (χ1n) is 5.97. The van der Waals surface area contributed by atoms with Crippen LogP contribution < -0.4 is 0 Å². The molecule has 1 aliphatic carbocycles. The van der Waals surface area contributed by atoms with Gasteiger partial charge in [-0.1, -0.05) is 43.5 Å². The van der Waals surface area contributed by atoms with Crippen molar-refractivity contribution in [2.75, 3.05) is 0 Å². The Morgan fingerprint density at radius 1 is 1.19 bits per heavy atom. The molecule has 2 rings (SSSR count). The van der Waals surface area contributed by atoms with Gasteiger partial charge in [0.1, 0.15) is 0 Å². The summed E-state index contributed by atoms with van der Waals surface area (Å²) < 4.78 is 0. The molecular weight excluding hydrogens is 220 g/mol. The number of ketones is 1. The summed E-state index contributed by atoms with van der Waals surface area (Å²) >= 11 is 6.05. The summed E-state index contributed by atoms with van der Waals surface area (Å²) in [7, 11) is 0. The second-order valence-corrected chi connectivity index (χ2v) is 5.21. The normalized spacial score (nSPS) is 25.4. The van der Waals surface area contributed by atoms with Crippen LogP contribution in [-0.4, -0.2) is 5.78 Å². The third kappa shape index (κ3) is 2.46. The number of Topliss-reactive ketones (excluding diaryl/α,β-unsaturated/α-hetero) is 1. The standard InChI is InChI=1S/C14H17ClO/c1-10-6-8-11(9-7-10)14(16)12-4-2-3-5-13(12)15/h2-5,10-11H,6-9H2,1H3. The lowest BCUT2D eigenvalue weighted by Gasteiger charge is -2.25. The molecule has 2 heteroatoms. The first kappa shape index (κ1) is 11.7. The lowest BCUT2D eigenvalue weighted by Crippen LogP contribution is -2.21. The van der Waals surface area contributed by atoms with Gasteiger partial charge in [0.15, 0.2) is 5.78 Å². The van der Waals surface area contributed by atoms with E-state index in [1.165, 1.54) is 12.8 Å². The molecule has 0 N–H and O–H groups in total. The van der Waals surface area contributed by atoms with E-state index in [0.717, 1.165) is 18.8 Å². The number of benzene rings is 1. The lowest BCUT2D eigenvalue weighted by atomic mass is 9.79. The molecule has 86 valence electrons. The number of halogens is 1. The summed E-state index contributed by atoms with van der Waals surface area (Å²) in [4.78, 5) is 12.2. The van der Waals surface area contributed by atoms with Gasteiger partial charge in [0.2, 0.25) is 0 Å². The molecular formula is C14H17ClO. The highest BCUT2D eigenvalue weighted by Crippen LogP contribution is 2.32. The van der Waals surface area contributed by atoms with Gasteiger partial charge in [-0.3, -0.25) is 4.79 Å². The Hall–Kier alpha value is -0.820. The minimum Gasteiger partial charge on any atom is -0.294 e. The predicted molar refractivity (Wildman–Crippen MR) is 66.9 cm³/mol. The van der Waals surface area contributed by atoms with Crippen LogP contribution in [0, 0.1) is 11.8 Å². The minimum absolute atomic E-state index is 0.191. The SMILES string of the molecule is CC1CCC(C(=O)c2ccccc2Cl)CC1. The van der Waals surface area contributed by atoms with Gasteiger partial charge in [-0.25, -0.2) is 0 Å². The number of hydrogen-bond donors (Lipinski definition) is 0. The Morgan fingerprint density at radius 2 is 1.81 bits per heavy atom. The topological polar surface area (TPSA) is 17.1 Å². The molecule has 1 saturated carbocycles. The predicted octanol–water partition coefficient (Wildman–Crippen LogP) is 4.35. The third-order valence-corrected chi connectivity index (χ3v) is 3.86. The van der Waals surface area contributed by atoms with Gasteiger partial charge in [0, 0.05) is 11.5 Å². The second-order valence-electron chi connectivity index (χ2n) is 4.80. The first-order chi connectivity index (χ1) is 7.68. The van der Waals surface area contributed by atoms with Crippen LogP contribution in [0.3, 0.4) is 0 Å². The fourth-order valence-corrected chi connectivity index (χ4v) is 2.63. The van der Waals surface area contributed by atoms with Crippen molar-refractivity contribution in [3.63, 3.8) is 0 Å². The molecule has 0 aromatic heterocycles. The molecule has 0 amide bonds. The minimum atomic E-state index is 0.191. The van der Waals surface area contributed by atoms with Crippen LogP contribution >= 0.6 is 11.6 Å². The molecule has 1 aliphatic rings. The molecule has 1 aromatic rings. The summed E-state index contributed by atoms with van der Waals surface area (Å²) in [5.74, 6) is 1.20. The van der Waals surface area contributed by atoms with Crippen molar-refractivity contribution in [1.82, 2.24) is 0 Å². The van der Waals surface area contributed by atoms with E-state index >= 15 is 0 Å². The van der Waals surface area contributed by atoms with Crippen molar-refractivity contribution < 1.29 is 4.79 Å². The molecule has 1 nitrogen and oxygen atoms in total. The third-order valence-electron chi connectivity index (χ3n) is 3.53. The zero-order valence-corrected chi connectivity index (χ0v) is 10.3. The molecule has 0 bridgehead atoms. The largest absolute Gasteiger partial charge is 0.294 e. The molecule has 0 spiro atoms. The van der Waals surface area contributed by atoms with Gasteiger partial charge in [-0.2, -0.15) is 0 Å². The lowest BCUT2D eigenvalue weighted by molar-refractivity contribution is 0.0876. The average Bonchev–Trinajstić information content (AvgIpc) is 2.30. The van der Waals surface area contributed by atoms with Crippen LogP contribution in [0.2, 0.25) is 5.02 Å². The monoisotopic (exact) mass is 236 g/mol. The fraction of sp³-hybridized carbons (Fsp3) is 0.500. The van der Waals surface area contributed by atoms with E-state index < -0.39 is 0 Å².